The van der Waals surface area contributed by atoms with Crippen molar-refractivity contribution in [2.45, 2.75) is 25.9 Å². The van der Waals surface area contributed by atoms with Crippen molar-refractivity contribution in [1.29, 1.82) is 0 Å². The van der Waals surface area contributed by atoms with Gasteiger partial charge >= 0.3 is 0 Å². The molecule has 0 spiro atoms. The molecule has 1 unspecified atom stereocenters. The number of oxime groups is 1. The van der Waals surface area contributed by atoms with Crippen LogP contribution in [0.1, 0.15) is 19.8 Å². The van der Waals surface area contributed by atoms with Crippen LogP contribution in [-0.2, 0) is 4.84 Å². The molecule has 0 amide bonds. The summed E-state index contributed by atoms with van der Waals surface area (Å²) in [5, 5.41) is 3.78. The van der Waals surface area contributed by atoms with Crippen LogP contribution in [0.25, 0.3) is 0 Å². The Hall–Kier alpha value is -1.23. The van der Waals surface area contributed by atoms with Gasteiger partial charge in [0.25, 0.3) is 0 Å². The molecule has 0 N–H and O–H groups in total. The standard InChI is InChI=1S/C9H11NO/c1-3-4-5-6-9-7-8(2)10-11-9/h3,9H,1,4,7H2,2H3. The Labute approximate surface area is 66.9 Å². The van der Waals surface area contributed by atoms with Gasteiger partial charge in [-0.25, -0.2) is 0 Å². The van der Waals surface area contributed by atoms with E-state index in [1.807, 2.05) is 6.92 Å². The molecule has 1 aliphatic heterocycles. The summed E-state index contributed by atoms with van der Waals surface area (Å²) in [6.07, 6.45) is 3.31. The molecule has 0 saturated heterocycles. The summed E-state index contributed by atoms with van der Waals surface area (Å²) in [6.45, 7) is 5.51. The predicted octanol–water partition coefficient (Wildman–Crippen LogP) is 1.73. The molecule has 0 aromatic rings. The summed E-state index contributed by atoms with van der Waals surface area (Å²) >= 11 is 0. The minimum Gasteiger partial charge on any atom is -0.379 e. The highest BCUT2D eigenvalue weighted by Crippen LogP contribution is 2.08. The van der Waals surface area contributed by atoms with E-state index in [0.29, 0.717) is 0 Å². The predicted molar refractivity (Wildman–Crippen MR) is 45.2 cm³/mol. The number of nitrogens with zero attached hydrogens (tertiary/aromatic N) is 1. The first-order valence-electron chi connectivity index (χ1n) is 3.61. The van der Waals surface area contributed by atoms with E-state index in [1.165, 1.54) is 0 Å². The zero-order valence-corrected chi connectivity index (χ0v) is 6.63. The average molecular weight is 149 g/mol. The van der Waals surface area contributed by atoms with Gasteiger partial charge in [-0.1, -0.05) is 23.1 Å². The van der Waals surface area contributed by atoms with Crippen LogP contribution >= 0.6 is 0 Å². The van der Waals surface area contributed by atoms with Crippen LogP contribution in [0.2, 0.25) is 0 Å². The van der Waals surface area contributed by atoms with Crippen molar-refractivity contribution in [3.05, 3.63) is 12.7 Å². The van der Waals surface area contributed by atoms with Crippen LogP contribution in [0.4, 0.5) is 0 Å². The summed E-state index contributed by atoms with van der Waals surface area (Å²) in [4.78, 5) is 4.99. The molecule has 0 aromatic heterocycles. The van der Waals surface area contributed by atoms with Gasteiger partial charge in [0.1, 0.15) is 0 Å². The van der Waals surface area contributed by atoms with Crippen molar-refractivity contribution in [3.8, 4) is 11.8 Å². The van der Waals surface area contributed by atoms with Crippen molar-refractivity contribution in [2.75, 3.05) is 0 Å². The van der Waals surface area contributed by atoms with Gasteiger partial charge in [0.05, 0.1) is 5.71 Å². The van der Waals surface area contributed by atoms with Gasteiger partial charge in [0, 0.05) is 12.8 Å². The van der Waals surface area contributed by atoms with E-state index in [0.717, 1.165) is 18.6 Å². The molecule has 0 aliphatic carbocycles. The molecule has 0 bridgehead atoms. The minimum atomic E-state index is -0.0186. The third-order valence-electron chi connectivity index (χ3n) is 1.33. The maximum absolute atomic E-state index is 4.99. The number of hydrogen-bond acceptors (Lipinski definition) is 2. The normalized spacial score (nSPS) is 21.2. The smallest absolute Gasteiger partial charge is 0.192 e. The minimum absolute atomic E-state index is 0.0186. The molecule has 1 rings (SSSR count). The molecule has 11 heavy (non-hydrogen) atoms. The van der Waals surface area contributed by atoms with Gasteiger partial charge in [0.15, 0.2) is 6.10 Å². The second-order valence-corrected chi connectivity index (χ2v) is 2.44. The summed E-state index contributed by atoms with van der Waals surface area (Å²) in [5.41, 5.74) is 1.02. The second-order valence-electron chi connectivity index (χ2n) is 2.44. The van der Waals surface area contributed by atoms with Crippen molar-refractivity contribution in [1.82, 2.24) is 0 Å². The van der Waals surface area contributed by atoms with Crippen molar-refractivity contribution < 1.29 is 4.84 Å². The highest BCUT2D eigenvalue weighted by molar-refractivity contribution is 5.83. The first-order chi connectivity index (χ1) is 5.33. The molecule has 1 aliphatic rings. The molecular formula is C9H11NO. The third kappa shape index (κ3) is 2.46. The van der Waals surface area contributed by atoms with Crippen molar-refractivity contribution in [3.63, 3.8) is 0 Å². The maximum Gasteiger partial charge on any atom is 0.192 e. The fraction of sp³-hybridized carbons (Fsp3) is 0.444. The monoisotopic (exact) mass is 149 g/mol. The van der Waals surface area contributed by atoms with Gasteiger partial charge in [-0.15, -0.1) is 6.58 Å². The zero-order chi connectivity index (χ0) is 8.10. The van der Waals surface area contributed by atoms with E-state index < -0.39 is 0 Å². The Bertz CT molecular complexity index is 232. The molecule has 1 heterocycles. The summed E-state index contributed by atoms with van der Waals surface area (Å²) < 4.78 is 0. The van der Waals surface area contributed by atoms with Gasteiger partial charge in [-0.2, -0.15) is 0 Å². The molecule has 0 radical (unpaired) electrons. The maximum atomic E-state index is 4.99. The van der Waals surface area contributed by atoms with Gasteiger partial charge in [-0.05, 0) is 6.92 Å². The highest BCUT2D eigenvalue weighted by Gasteiger charge is 2.13. The molecule has 0 fully saturated rings. The summed E-state index contributed by atoms with van der Waals surface area (Å²) in [7, 11) is 0. The lowest BCUT2D eigenvalue weighted by atomic mass is 10.2. The van der Waals surface area contributed by atoms with E-state index in [-0.39, 0.29) is 6.10 Å². The van der Waals surface area contributed by atoms with E-state index in [2.05, 4.69) is 23.6 Å². The highest BCUT2D eigenvalue weighted by atomic mass is 16.6. The summed E-state index contributed by atoms with van der Waals surface area (Å²) in [6, 6.07) is 0. The van der Waals surface area contributed by atoms with Gasteiger partial charge in [0.2, 0.25) is 0 Å². The van der Waals surface area contributed by atoms with Crippen molar-refractivity contribution >= 4 is 5.71 Å². The second kappa shape index (κ2) is 3.82. The molecule has 2 heteroatoms. The van der Waals surface area contributed by atoms with E-state index in [9.17, 15) is 0 Å². The van der Waals surface area contributed by atoms with Gasteiger partial charge in [-0.3, -0.25) is 0 Å². The molecule has 0 saturated carbocycles. The molecular weight excluding hydrogens is 138 g/mol. The lowest BCUT2D eigenvalue weighted by Gasteiger charge is -1.94. The average Bonchev–Trinajstić information content (AvgIpc) is 2.37. The molecule has 58 valence electrons. The lowest BCUT2D eigenvalue weighted by molar-refractivity contribution is 0.126. The van der Waals surface area contributed by atoms with Crippen LogP contribution in [0.5, 0.6) is 0 Å². The van der Waals surface area contributed by atoms with E-state index in [4.69, 9.17) is 4.84 Å². The first kappa shape index (κ1) is 7.87. The topological polar surface area (TPSA) is 21.6 Å². The van der Waals surface area contributed by atoms with Gasteiger partial charge < -0.3 is 4.84 Å². The fourth-order valence-corrected chi connectivity index (χ4v) is 0.819. The lowest BCUT2D eigenvalue weighted by Crippen LogP contribution is -2.02. The number of hydrogen-bond donors (Lipinski definition) is 0. The number of allylic oxidation sites excluding steroid dienone is 1. The van der Waals surface area contributed by atoms with Crippen LogP contribution in [0.15, 0.2) is 17.8 Å². The molecule has 0 aromatic carbocycles. The van der Waals surface area contributed by atoms with Crippen molar-refractivity contribution in [2.24, 2.45) is 5.16 Å². The Morgan fingerprint density at radius 1 is 1.91 bits per heavy atom. The summed E-state index contributed by atoms with van der Waals surface area (Å²) in [5.74, 6) is 5.89. The molecule has 1 atom stereocenters. The Morgan fingerprint density at radius 2 is 2.73 bits per heavy atom. The fourth-order valence-electron chi connectivity index (χ4n) is 0.819. The third-order valence-corrected chi connectivity index (χ3v) is 1.33. The Kier molecular flexibility index (Phi) is 2.74. The Balaban J connectivity index is 2.32. The SMILES string of the molecule is C=CCC#CC1CC(C)=NO1. The largest absolute Gasteiger partial charge is 0.379 e. The Morgan fingerprint density at radius 3 is 3.27 bits per heavy atom. The van der Waals surface area contributed by atoms with Crippen LogP contribution in [0.3, 0.4) is 0 Å². The van der Waals surface area contributed by atoms with Crippen LogP contribution in [-0.4, -0.2) is 11.8 Å². The van der Waals surface area contributed by atoms with Crippen LogP contribution in [0, 0.1) is 11.8 Å². The quantitative estimate of drug-likeness (QED) is 0.411. The number of rotatable bonds is 1. The molecule has 2 nitrogen and oxygen atoms in total. The van der Waals surface area contributed by atoms with E-state index in [1.54, 1.807) is 6.08 Å². The van der Waals surface area contributed by atoms with E-state index >= 15 is 0 Å². The first-order valence-corrected chi connectivity index (χ1v) is 3.61. The van der Waals surface area contributed by atoms with Crippen LogP contribution < -0.4 is 0 Å². The zero-order valence-electron chi connectivity index (χ0n) is 6.63.